The van der Waals surface area contributed by atoms with Gasteiger partial charge in [0.15, 0.2) is 22.6 Å². The molecule has 13 heteroatoms. The summed E-state index contributed by atoms with van der Waals surface area (Å²) in [5.41, 5.74) is 4.36. The van der Waals surface area contributed by atoms with Crippen LogP contribution in [0.2, 0.25) is 0 Å². The second kappa shape index (κ2) is 8.01. The van der Waals surface area contributed by atoms with Crippen LogP contribution in [0.1, 0.15) is 12.5 Å². The molecule has 190 valence electrons. The van der Waals surface area contributed by atoms with Crippen molar-refractivity contribution in [3.63, 3.8) is 0 Å². The van der Waals surface area contributed by atoms with Crippen molar-refractivity contribution in [3.05, 3.63) is 64.8 Å². The molecular weight excluding hydrogens is 480 g/mol. The molecule has 1 unspecified atom stereocenters. The minimum absolute atomic E-state index is 0.0242. The number of aromatic nitrogens is 6. The number of fused-ring (bicyclic) bond motifs is 3. The van der Waals surface area contributed by atoms with Crippen LogP contribution in [0.25, 0.3) is 28.4 Å². The first kappa shape index (κ1) is 22.9. The fourth-order valence-electron chi connectivity index (χ4n) is 4.62. The van der Waals surface area contributed by atoms with Gasteiger partial charge in [-0.25, -0.2) is 9.78 Å². The predicted molar refractivity (Wildman–Crippen MR) is 132 cm³/mol. The lowest BCUT2D eigenvalue weighted by Gasteiger charge is -2.38. The number of nitrogens with zero attached hydrogens (tertiary/aromatic N) is 6. The number of aryl methyl sites for hydroxylation is 1. The number of ether oxygens (including phenoxy) is 1. The van der Waals surface area contributed by atoms with Gasteiger partial charge in [-0.05, 0) is 24.6 Å². The van der Waals surface area contributed by atoms with Crippen LogP contribution in [-0.2, 0) is 22.1 Å². The molecule has 4 aromatic heterocycles. The molecule has 13 nitrogen and oxygen atoms in total. The molecule has 0 saturated carbocycles. The van der Waals surface area contributed by atoms with Gasteiger partial charge in [0.1, 0.15) is 11.1 Å². The third-order valence-electron chi connectivity index (χ3n) is 6.78. The summed E-state index contributed by atoms with van der Waals surface area (Å²) in [5.74, 6) is 0.160. The Morgan fingerprint density at radius 3 is 2.59 bits per heavy atom. The Morgan fingerprint density at radius 1 is 1.19 bits per heavy atom. The first-order valence-electron chi connectivity index (χ1n) is 11.5. The molecule has 6 rings (SSSR count). The molecule has 5 heterocycles. The maximum absolute atomic E-state index is 13.8. The molecule has 0 spiro atoms. The molecular formula is C24H24N8O5. The Balaban J connectivity index is 1.58. The Labute approximate surface area is 209 Å². The van der Waals surface area contributed by atoms with Crippen LogP contribution in [0, 0.1) is 0 Å². The monoisotopic (exact) mass is 504 g/mol. The van der Waals surface area contributed by atoms with E-state index in [1.54, 1.807) is 50.4 Å². The zero-order chi connectivity index (χ0) is 25.9. The number of nitrogens with one attached hydrogen (secondary N) is 1. The second-order valence-corrected chi connectivity index (χ2v) is 9.31. The van der Waals surface area contributed by atoms with E-state index in [4.69, 9.17) is 14.9 Å². The number of rotatable bonds is 6. The number of carbonyl (C=O) groups is 1. The molecule has 1 amide bonds. The van der Waals surface area contributed by atoms with Crippen molar-refractivity contribution >= 4 is 28.7 Å². The molecule has 4 N–H and O–H groups in total. The summed E-state index contributed by atoms with van der Waals surface area (Å²) < 4.78 is 14.5. The number of hydrogen-bond donors (Lipinski definition) is 3. The second-order valence-electron chi connectivity index (χ2n) is 9.31. The highest BCUT2D eigenvalue weighted by Gasteiger charge is 2.44. The maximum atomic E-state index is 13.8. The minimum Gasteiger partial charge on any atom is -0.461 e. The van der Waals surface area contributed by atoms with E-state index in [9.17, 15) is 14.7 Å². The third kappa shape index (κ3) is 3.35. The van der Waals surface area contributed by atoms with Gasteiger partial charge in [-0.3, -0.25) is 13.9 Å². The molecule has 1 saturated heterocycles. The first-order valence-corrected chi connectivity index (χ1v) is 11.5. The summed E-state index contributed by atoms with van der Waals surface area (Å²) in [5, 5.41) is 17.7. The van der Waals surface area contributed by atoms with Gasteiger partial charge in [-0.1, -0.05) is 30.3 Å². The maximum Gasteiger partial charge on any atom is 0.331 e. The van der Waals surface area contributed by atoms with Crippen molar-refractivity contribution < 1.29 is 19.1 Å². The molecule has 0 bridgehead atoms. The van der Waals surface area contributed by atoms with Crippen molar-refractivity contribution in [1.82, 2.24) is 34.0 Å². The number of furan rings is 1. The number of benzene rings is 1. The molecule has 0 aliphatic carbocycles. The van der Waals surface area contributed by atoms with Gasteiger partial charge >= 0.3 is 5.69 Å². The predicted octanol–water partition coefficient (Wildman–Crippen LogP) is 0.261. The molecule has 0 radical (unpaired) electrons. The number of amides is 1. The fourth-order valence-corrected chi connectivity index (χ4v) is 4.62. The van der Waals surface area contributed by atoms with Crippen LogP contribution in [0.15, 0.2) is 57.9 Å². The Morgan fingerprint density at radius 2 is 1.95 bits per heavy atom. The summed E-state index contributed by atoms with van der Waals surface area (Å²) in [4.78, 5) is 36.7. The van der Waals surface area contributed by atoms with Gasteiger partial charge in [0.2, 0.25) is 11.8 Å². The zero-order valence-electron chi connectivity index (χ0n) is 20.1. The summed E-state index contributed by atoms with van der Waals surface area (Å²) in [6, 6.07) is 12.3. The lowest BCUT2D eigenvalue weighted by atomic mass is 9.90. The number of nitrogens with two attached hydrogens (primary N) is 1. The number of aliphatic hydroxyl groups is 1. The van der Waals surface area contributed by atoms with E-state index in [1.165, 1.54) is 19.9 Å². The summed E-state index contributed by atoms with van der Waals surface area (Å²) >= 11 is 0. The Kier molecular flexibility index (Phi) is 4.97. The van der Waals surface area contributed by atoms with E-state index in [1.807, 2.05) is 6.07 Å². The average molecular weight is 505 g/mol. The summed E-state index contributed by atoms with van der Waals surface area (Å²) in [6.45, 7) is 1.82. The van der Waals surface area contributed by atoms with Gasteiger partial charge in [0, 0.05) is 7.05 Å². The highest BCUT2D eigenvalue weighted by atomic mass is 16.5. The van der Waals surface area contributed by atoms with E-state index < -0.39 is 22.7 Å². The third-order valence-corrected chi connectivity index (χ3v) is 6.78. The fraction of sp³-hybridized carbons (Fsp3) is 0.292. The van der Waals surface area contributed by atoms with Crippen molar-refractivity contribution in [2.24, 2.45) is 7.05 Å². The molecule has 1 aromatic carbocycles. The van der Waals surface area contributed by atoms with Crippen molar-refractivity contribution in [2.75, 3.05) is 25.5 Å². The SMILES string of the molecule is Cn1c(=O)n(C(C)(C(=O)NCC2(O)COC2)c2ccccc2)c2nc(N)n3nc(-c4ccco4)nc3c21. The van der Waals surface area contributed by atoms with Crippen molar-refractivity contribution in [2.45, 2.75) is 18.1 Å². The Bertz CT molecular complexity index is 1700. The van der Waals surface area contributed by atoms with Crippen LogP contribution in [-0.4, -0.2) is 65.1 Å². The molecule has 1 aliphatic rings. The molecule has 5 aromatic rings. The summed E-state index contributed by atoms with van der Waals surface area (Å²) in [7, 11) is 1.57. The van der Waals surface area contributed by atoms with Crippen LogP contribution in [0.3, 0.4) is 0 Å². The van der Waals surface area contributed by atoms with E-state index in [2.05, 4.69) is 20.4 Å². The number of imidazole rings is 1. The normalized spacial score (nSPS) is 16.5. The lowest BCUT2D eigenvalue weighted by molar-refractivity contribution is -0.176. The average Bonchev–Trinajstić information content (AvgIpc) is 3.61. The van der Waals surface area contributed by atoms with Crippen molar-refractivity contribution in [1.29, 1.82) is 0 Å². The summed E-state index contributed by atoms with van der Waals surface area (Å²) in [6.07, 6.45) is 1.50. The van der Waals surface area contributed by atoms with E-state index in [0.29, 0.717) is 16.8 Å². The molecule has 1 fully saturated rings. The molecule has 37 heavy (non-hydrogen) atoms. The Hall–Kier alpha value is -4.49. The highest BCUT2D eigenvalue weighted by Crippen LogP contribution is 2.31. The first-order chi connectivity index (χ1) is 17.7. The van der Waals surface area contributed by atoms with E-state index in [-0.39, 0.29) is 42.8 Å². The molecule has 1 aliphatic heterocycles. The van der Waals surface area contributed by atoms with Gasteiger partial charge in [0.25, 0.3) is 5.91 Å². The molecule has 1 atom stereocenters. The number of hydrogen-bond acceptors (Lipinski definition) is 9. The van der Waals surface area contributed by atoms with Gasteiger partial charge < -0.3 is 25.3 Å². The quantitative estimate of drug-likeness (QED) is 0.294. The van der Waals surface area contributed by atoms with Gasteiger partial charge in [0.05, 0.1) is 26.0 Å². The number of nitrogen functional groups attached to an aromatic ring is 1. The van der Waals surface area contributed by atoms with Gasteiger partial charge in [-0.2, -0.15) is 9.50 Å². The van der Waals surface area contributed by atoms with Crippen molar-refractivity contribution in [3.8, 4) is 11.6 Å². The van der Waals surface area contributed by atoms with E-state index >= 15 is 0 Å². The van der Waals surface area contributed by atoms with Crippen LogP contribution in [0.4, 0.5) is 5.95 Å². The van der Waals surface area contributed by atoms with Crippen LogP contribution >= 0.6 is 0 Å². The lowest BCUT2D eigenvalue weighted by Crippen LogP contribution is -2.60. The standard InChI is InChI=1S/C24H24N8O5/c1-23(14-7-4-3-5-8-14,20(33)26-11-24(35)12-36-13-24)31-18-16(30(2)22(31)34)19-27-17(15-9-6-10-37-15)29-32(19)21(25)28-18/h3-10,35H,11-13H2,1-2H3,(H2,25,28)(H,26,33). The number of anilines is 1. The highest BCUT2D eigenvalue weighted by molar-refractivity contribution is 5.93. The smallest absolute Gasteiger partial charge is 0.331 e. The van der Waals surface area contributed by atoms with Crippen LogP contribution in [0.5, 0.6) is 0 Å². The minimum atomic E-state index is -1.56. The van der Waals surface area contributed by atoms with E-state index in [0.717, 1.165) is 0 Å². The van der Waals surface area contributed by atoms with Gasteiger partial charge in [-0.15, -0.1) is 5.10 Å². The topological polar surface area (TPSA) is 168 Å². The zero-order valence-corrected chi connectivity index (χ0v) is 20.1. The largest absolute Gasteiger partial charge is 0.461 e. The number of carbonyl (C=O) groups excluding carboxylic acids is 1. The van der Waals surface area contributed by atoms with Crippen LogP contribution < -0.4 is 16.7 Å².